The normalized spacial score (nSPS) is 23.8. The maximum Gasteiger partial charge on any atom is 0.118 e. The Morgan fingerprint density at radius 2 is 2.05 bits per heavy atom. The highest BCUT2D eigenvalue weighted by Gasteiger charge is 2.24. The van der Waals surface area contributed by atoms with Gasteiger partial charge in [0.1, 0.15) is 5.75 Å². The van der Waals surface area contributed by atoms with Gasteiger partial charge in [-0.25, -0.2) is 0 Å². The lowest BCUT2D eigenvalue weighted by atomic mass is 10.0. The molecule has 0 bridgehead atoms. The topological polar surface area (TPSA) is 24.5 Å². The Hall–Kier alpha value is -1.06. The number of nitrogens with zero attached hydrogens (tertiary/aromatic N) is 1. The van der Waals surface area contributed by atoms with Crippen LogP contribution in [0.5, 0.6) is 5.75 Å². The molecule has 1 saturated heterocycles. The summed E-state index contributed by atoms with van der Waals surface area (Å²) in [5.41, 5.74) is 1.40. The maximum atomic E-state index is 5.21. The Morgan fingerprint density at radius 1 is 1.30 bits per heavy atom. The molecule has 1 aromatic rings. The summed E-state index contributed by atoms with van der Waals surface area (Å²) in [4.78, 5) is 2.66. The average Bonchev–Trinajstić information content (AvgIpc) is 2.48. The van der Waals surface area contributed by atoms with Crippen LogP contribution in [0.4, 0.5) is 0 Å². The average molecular weight is 276 g/mol. The second-order valence-corrected chi connectivity index (χ2v) is 5.84. The molecule has 112 valence electrons. The molecule has 0 radical (unpaired) electrons. The summed E-state index contributed by atoms with van der Waals surface area (Å²) in [5, 5.41) is 3.60. The molecule has 1 fully saturated rings. The van der Waals surface area contributed by atoms with Gasteiger partial charge >= 0.3 is 0 Å². The molecular formula is C17H28N2O. The number of rotatable bonds is 6. The number of methoxy groups -OCH3 is 1. The molecule has 2 rings (SSSR count). The standard InChI is InChI=1S/C17H28N2O/c1-4-5-16-12-18-14(2)13-19(16)11-10-15-6-8-17(20-3)9-7-15/h6-9,14,16,18H,4-5,10-13H2,1-3H3. The van der Waals surface area contributed by atoms with E-state index in [-0.39, 0.29) is 0 Å². The van der Waals surface area contributed by atoms with Gasteiger partial charge in [-0.1, -0.05) is 25.5 Å². The summed E-state index contributed by atoms with van der Waals surface area (Å²) in [6.07, 6.45) is 3.68. The summed E-state index contributed by atoms with van der Waals surface area (Å²) in [5.74, 6) is 0.938. The third-order valence-electron chi connectivity index (χ3n) is 4.20. The highest BCUT2D eigenvalue weighted by atomic mass is 16.5. The summed E-state index contributed by atoms with van der Waals surface area (Å²) >= 11 is 0. The van der Waals surface area contributed by atoms with E-state index in [2.05, 4.69) is 48.3 Å². The predicted molar refractivity (Wildman–Crippen MR) is 84.4 cm³/mol. The van der Waals surface area contributed by atoms with Gasteiger partial charge in [-0.05, 0) is 37.5 Å². The predicted octanol–water partition coefficient (Wildman–Crippen LogP) is 2.70. The molecule has 0 aliphatic carbocycles. The molecule has 0 spiro atoms. The molecule has 0 saturated carbocycles. The van der Waals surface area contributed by atoms with E-state index in [9.17, 15) is 0 Å². The van der Waals surface area contributed by atoms with E-state index in [4.69, 9.17) is 4.74 Å². The molecule has 0 amide bonds. The van der Waals surface area contributed by atoms with Crippen molar-refractivity contribution in [3.8, 4) is 5.75 Å². The van der Waals surface area contributed by atoms with E-state index in [1.165, 1.54) is 24.9 Å². The van der Waals surface area contributed by atoms with E-state index in [1.807, 2.05) is 0 Å². The van der Waals surface area contributed by atoms with Crippen LogP contribution in [-0.4, -0.2) is 43.7 Å². The summed E-state index contributed by atoms with van der Waals surface area (Å²) < 4.78 is 5.21. The number of benzene rings is 1. The fraction of sp³-hybridized carbons (Fsp3) is 0.647. The number of hydrogen-bond donors (Lipinski definition) is 1. The fourth-order valence-corrected chi connectivity index (χ4v) is 2.99. The Morgan fingerprint density at radius 3 is 2.70 bits per heavy atom. The fourth-order valence-electron chi connectivity index (χ4n) is 2.99. The van der Waals surface area contributed by atoms with Crippen molar-refractivity contribution in [3.63, 3.8) is 0 Å². The van der Waals surface area contributed by atoms with Gasteiger partial charge in [0.25, 0.3) is 0 Å². The first-order valence-corrected chi connectivity index (χ1v) is 7.83. The first-order valence-electron chi connectivity index (χ1n) is 7.83. The van der Waals surface area contributed by atoms with Crippen LogP contribution >= 0.6 is 0 Å². The Labute approximate surface area is 123 Å². The summed E-state index contributed by atoms with van der Waals surface area (Å²) in [7, 11) is 1.71. The van der Waals surface area contributed by atoms with Crippen molar-refractivity contribution in [2.75, 3.05) is 26.7 Å². The van der Waals surface area contributed by atoms with Crippen molar-refractivity contribution in [2.45, 2.75) is 45.2 Å². The van der Waals surface area contributed by atoms with Crippen molar-refractivity contribution in [1.82, 2.24) is 10.2 Å². The van der Waals surface area contributed by atoms with Gasteiger partial charge in [0.05, 0.1) is 7.11 Å². The van der Waals surface area contributed by atoms with E-state index < -0.39 is 0 Å². The lowest BCUT2D eigenvalue weighted by Crippen LogP contribution is -2.55. The van der Waals surface area contributed by atoms with Crippen molar-refractivity contribution in [3.05, 3.63) is 29.8 Å². The molecule has 1 aliphatic rings. The Kier molecular flexibility index (Phi) is 5.86. The molecule has 3 heteroatoms. The van der Waals surface area contributed by atoms with Crippen molar-refractivity contribution < 1.29 is 4.74 Å². The number of nitrogens with one attached hydrogen (secondary N) is 1. The second-order valence-electron chi connectivity index (χ2n) is 5.84. The monoisotopic (exact) mass is 276 g/mol. The van der Waals surface area contributed by atoms with Crippen LogP contribution in [0.15, 0.2) is 24.3 Å². The van der Waals surface area contributed by atoms with Gasteiger partial charge < -0.3 is 10.1 Å². The van der Waals surface area contributed by atoms with Gasteiger partial charge in [0.2, 0.25) is 0 Å². The molecule has 1 heterocycles. The lowest BCUT2D eigenvalue weighted by Gasteiger charge is -2.39. The number of ether oxygens (including phenoxy) is 1. The van der Waals surface area contributed by atoms with Crippen LogP contribution in [0.2, 0.25) is 0 Å². The minimum Gasteiger partial charge on any atom is -0.497 e. The number of hydrogen-bond acceptors (Lipinski definition) is 3. The quantitative estimate of drug-likeness (QED) is 0.864. The van der Waals surface area contributed by atoms with E-state index in [1.54, 1.807) is 7.11 Å². The first-order chi connectivity index (χ1) is 9.72. The highest BCUT2D eigenvalue weighted by molar-refractivity contribution is 5.27. The van der Waals surface area contributed by atoms with Crippen LogP contribution < -0.4 is 10.1 Å². The molecule has 0 aromatic heterocycles. The molecule has 1 N–H and O–H groups in total. The molecule has 2 atom stereocenters. The number of piperazine rings is 1. The van der Waals surface area contributed by atoms with Crippen LogP contribution in [0.3, 0.4) is 0 Å². The van der Waals surface area contributed by atoms with Gasteiger partial charge in [-0.15, -0.1) is 0 Å². The first kappa shape index (κ1) is 15.3. The second kappa shape index (κ2) is 7.65. The van der Waals surface area contributed by atoms with E-state index in [0.29, 0.717) is 12.1 Å². The Bertz CT molecular complexity index is 390. The largest absolute Gasteiger partial charge is 0.497 e. The molecule has 20 heavy (non-hydrogen) atoms. The van der Waals surface area contributed by atoms with Crippen molar-refractivity contribution >= 4 is 0 Å². The zero-order valence-corrected chi connectivity index (χ0v) is 13.1. The Balaban J connectivity index is 1.89. The zero-order valence-electron chi connectivity index (χ0n) is 13.1. The van der Waals surface area contributed by atoms with Crippen molar-refractivity contribution in [2.24, 2.45) is 0 Å². The van der Waals surface area contributed by atoms with Crippen LogP contribution in [0.25, 0.3) is 0 Å². The highest BCUT2D eigenvalue weighted by Crippen LogP contribution is 2.15. The van der Waals surface area contributed by atoms with Crippen molar-refractivity contribution in [1.29, 1.82) is 0 Å². The third kappa shape index (κ3) is 4.22. The zero-order chi connectivity index (χ0) is 14.4. The molecule has 2 unspecified atom stereocenters. The molecule has 3 nitrogen and oxygen atoms in total. The van der Waals surface area contributed by atoms with E-state index in [0.717, 1.165) is 25.3 Å². The van der Waals surface area contributed by atoms with Gasteiger partial charge in [0, 0.05) is 31.7 Å². The molecule has 1 aliphatic heterocycles. The van der Waals surface area contributed by atoms with Crippen LogP contribution in [-0.2, 0) is 6.42 Å². The van der Waals surface area contributed by atoms with Gasteiger partial charge in [0.15, 0.2) is 0 Å². The summed E-state index contributed by atoms with van der Waals surface area (Å²) in [6, 6.07) is 9.78. The maximum absolute atomic E-state index is 5.21. The van der Waals surface area contributed by atoms with Crippen LogP contribution in [0.1, 0.15) is 32.3 Å². The molecular weight excluding hydrogens is 248 g/mol. The molecule has 1 aromatic carbocycles. The van der Waals surface area contributed by atoms with Gasteiger partial charge in [-0.3, -0.25) is 4.90 Å². The van der Waals surface area contributed by atoms with Crippen LogP contribution in [0, 0.1) is 0 Å². The smallest absolute Gasteiger partial charge is 0.118 e. The lowest BCUT2D eigenvalue weighted by molar-refractivity contribution is 0.129. The van der Waals surface area contributed by atoms with E-state index >= 15 is 0 Å². The minimum atomic E-state index is 0.610. The summed E-state index contributed by atoms with van der Waals surface area (Å²) in [6.45, 7) is 8.02. The van der Waals surface area contributed by atoms with Gasteiger partial charge in [-0.2, -0.15) is 0 Å². The third-order valence-corrected chi connectivity index (χ3v) is 4.20. The minimum absolute atomic E-state index is 0.610. The SMILES string of the molecule is CCCC1CNC(C)CN1CCc1ccc(OC)cc1.